The molecule has 128 valence electrons. The van der Waals surface area contributed by atoms with E-state index in [-0.39, 0.29) is 17.7 Å². The standard InChI is InChI=1S/C16H14N4O4S/c21-25(22,9-8-12-6-7-14-15(10-12)24-11-23-14)16-17-18-19-20(16)13-4-2-1-3-5-13/h1-7,10H,8-9,11H2. The Morgan fingerprint density at radius 2 is 1.84 bits per heavy atom. The van der Waals surface area contributed by atoms with Gasteiger partial charge in [-0.05, 0) is 46.7 Å². The summed E-state index contributed by atoms with van der Waals surface area (Å²) in [5.74, 6) is 1.18. The molecule has 0 unspecified atom stereocenters. The van der Waals surface area contributed by atoms with Crippen LogP contribution in [0.5, 0.6) is 11.5 Å². The predicted molar refractivity (Wildman–Crippen MR) is 87.5 cm³/mol. The number of para-hydroxylation sites is 1. The van der Waals surface area contributed by atoms with E-state index >= 15 is 0 Å². The van der Waals surface area contributed by atoms with Gasteiger partial charge >= 0.3 is 0 Å². The number of ether oxygens (including phenoxy) is 2. The number of sulfone groups is 1. The summed E-state index contributed by atoms with van der Waals surface area (Å²) in [6.45, 7) is 0.183. The van der Waals surface area contributed by atoms with Gasteiger partial charge < -0.3 is 9.47 Å². The van der Waals surface area contributed by atoms with E-state index in [0.717, 1.165) is 5.56 Å². The first kappa shape index (κ1) is 15.6. The van der Waals surface area contributed by atoms with Crippen molar-refractivity contribution in [3.8, 4) is 17.2 Å². The van der Waals surface area contributed by atoms with E-state index in [2.05, 4.69) is 15.5 Å². The summed E-state index contributed by atoms with van der Waals surface area (Å²) in [6.07, 6.45) is 0.320. The Morgan fingerprint density at radius 3 is 2.68 bits per heavy atom. The number of benzene rings is 2. The summed E-state index contributed by atoms with van der Waals surface area (Å²) in [5.41, 5.74) is 1.43. The first-order valence-electron chi connectivity index (χ1n) is 7.58. The maximum atomic E-state index is 12.7. The van der Waals surface area contributed by atoms with Crippen LogP contribution in [-0.4, -0.2) is 41.2 Å². The second-order valence-electron chi connectivity index (χ2n) is 5.47. The first-order valence-corrected chi connectivity index (χ1v) is 9.24. The SMILES string of the molecule is O=S(=O)(CCc1ccc2c(c1)OCO2)c1nnnn1-c1ccccc1. The van der Waals surface area contributed by atoms with Crippen molar-refractivity contribution in [2.45, 2.75) is 11.6 Å². The maximum absolute atomic E-state index is 12.7. The molecular weight excluding hydrogens is 344 g/mol. The number of fused-ring (bicyclic) bond motifs is 1. The number of rotatable bonds is 5. The molecule has 0 amide bonds. The van der Waals surface area contributed by atoms with E-state index < -0.39 is 9.84 Å². The summed E-state index contributed by atoms with van der Waals surface area (Å²) >= 11 is 0. The Labute approximate surface area is 143 Å². The van der Waals surface area contributed by atoms with E-state index in [0.29, 0.717) is 23.6 Å². The van der Waals surface area contributed by atoms with Gasteiger partial charge in [0, 0.05) is 0 Å². The van der Waals surface area contributed by atoms with E-state index in [1.807, 2.05) is 12.1 Å². The summed E-state index contributed by atoms with van der Waals surface area (Å²) in [6, 6.07) is 14.3. The molecule has 25 heavy (non-hydrogen) atoms. The van der Waals surface area contributed by atoms with Crippen LogP contribution in [0.4, 0.5) is 0 Å². The van der Waals surface area contributed by atoms with Gasteiger partial charge in [0.1, 0.15) is 0 Å². The van der Waals surface area contributed by atoms with Crippen molar-refractivity contribution >= 4 is 9.84 Å². The monoisotopic (exact) mass is 358 g/mol. The Bertz CT molecular complexity index is 1000. The molecule has 1 aliphatic rings. The average molecular weight is 358 g/mol. The fraction of sp³-hybridized carbons (Fsp3) is 0.188. The molecular formula is C16H14N4O4S. The van der Waals surface area contributed by atoms with Gasteiger partial charge in [-0.1, -0.05) is 29.4 Å². The van der Waals surface area contributed by atoms with Crippen molar-refractivity contribution in [3.05, 3.63) is 54.1 Å². The molecule has 1 aromatic heterocycles. The van der Waals surface area contributed by atoms with E-state index in [1.54, 1.807) is 36.4 Å². The molecule has 0 atom stereocenters. The quantitative estimate of drug-likeness (QED) is 0.680. The van der Waals surface area contributed by atoms with E-state index in [4.69, 9.17) is 9.47 Å². The van der Waals surface area contributed by atoms with Crippen LogP contribution in [0.2, 0.25) is 0 Å². The van der Waals surface area contributed by atoms with Gasteiger partial charge in [0.25, 0.3) is 5.16 Å². The van der Waals surface area contributed by atoms with Crippen LogP contribution in [0.15, 0.2) is 53.7 Å². The highest BCUT2D eigenvalue weighted by molar-refractivity contribution is 7.91. The highest BCUT2D eigenvalue weighted by Crippen LogP contribution is 2.32. The van der Waals surface area contributed by atoms with Crippen LogP contribution in [0.25, 0.3) is 5.69 Å². The Hall–Kier alpha value is -2.94. The number of tetrazole rings is 1. The fourth-order valence-corrected chi connectivity index (χ4v) is 3.80. The predicted octanol–water partition coefficient (Wildman–Crippen LogP) is 1.41. The van der Waals surface area contributed by atoms with Gasteiger partial charge in [0.15, 0.2) is 11.5 Å². The normalized spacial score (nSPS) is 13.1. The first-order chi connectivity index (χ1) is 12.1. The lowest BCUT2D eigenvalue weighted by molar-refractivity contribution is 0.174. The molecule has 2 aromatic carbocycles. The molecule has 0 fully saturated rings. The molecule has 1 aliphatic heterocycles. The fourth-order valence-electron chi connectivity index (χ4n) is 2.54. The third-order valence-corrected chi connectivity index (χ3v) is 5.37. The highest BCUT2D eigenvalue weighted by atomic mass is 32.2. The molecule has 0 N–H and O–H groups in total. The van der Waals surface area contributed by atoms with Gasteiger partial charge in [-0.2, -0.15) is 4.68 Å². The minimum atomic E-state index is -3.65. The van der Waals surface area contributed by atoms with Crippen LogP contribution in [0.1, 0.15) is 5.56 Å². The van der Waals surface area contributed by atoms with Crippen molar-refractivity contribution in [3.63, 3.8) is 0 Å². The van der Waals surface area contributed by atoms with Crippen molar-refractivity contribution < 1.29 is 17.9 Å². The summed E-state index contributed by atoms with van der Waals surface area (Å²) in [7, 11) is -3.65. The number of aryl methyl sites for hydroxylation is 1. The second-order valence-corrected chi connectivity index (χ2v) is 7.47. The van der Waals surface area contributed by atoms with Crippen molar-refractivity contribution in [2.24, 2.45) is 0 Å². The Morgan fingerprint density at radius 1 is 1.04 bits per heavy atom. The van der Waals surface area contributed by atoms with Crippen molar-refractivity contribution in [2.75, 3.05) is 12.5 Å². The molecule has 2 heterocycles. The lowest BCUT2D eigenvalue weighted by atomic mass is 10.1. The third-order valence-electron chi connectivity index (χ3n) is 3.82. The maximum Gasteiger partial charge on any atom is 0.272 e. The van der Waals surface area contributed by atoms with Gasteiger partial charge in [-0.25, -0.2) is 8.42 Å². The molecule has 0 spiro atoms. The molecule has 0 saturated heterocycles. The molecule has 0 bridgehead atoms. The van der Waals surface area contributed by atoms with Crippen LogP contribution in [-0.2, 0) is 16.3 Å². The Balaban J connectivity index is 1.56. The van der Waals surface area contributed by atoms with Crippen LogP contribution < -0.4 is 9.47 Å². The topological polar surface area (TPSA) is 96.2 Å². The average Bonchev–Trinajstić information content (AvgIpc) is 3.30. The zero-order valence-electron chi connectivity index (χ0n) is 13.1. The molecule has 8 nitrogen and oxygen atoms in total. The summed E-state index contributed by atoms with van der Waals surface area (Å²) < 4.78 is 37.1. The van der Waals surface area contributed by atoms with Gasteiger partial charge in [-0.15, -0.1) is 0 Å². The zero-order valence-corrected chi connectivity index (χ0v) is 13.9. The molecule has 0 saturated carbocycles. The number of hydrogen-bond donors (Lipinski definition) is 0. The smallest absolute Gasteiger partial charge is 0.272 e. The largest absolute Gasteiger partial charge is 0.454 e. The second kappa shape index (κ2) is 6.17. The minimum absolute atomic E-state index is 0.111. The zero-order chi connectivity index (χ0) is 17.3. The minimum Gasteiger partial charge on any atom is -0.454 e. The number of hydrogen-bond acceptors (Lipinski definition) is 7. The van der Waals surface area contributed by atoms with Crippen molar-refractivity contribution in [1.29, 1.82) is 0 Å². The lowest BCUT2D eigenvalue weighted by Gasteiger charge is -2.06. The highest BCUT2D eigenvalue weighted by Gasteiger charge is 2.24. The molecule has 0 aliphatic carbocycles. The van der Waals surface area contributed by atoms with Crippen LogP contribution >= 0.6 is 0 Å². The number of nitrogens with zero attached hydrogens (tertiary/aromatic N) is 4. The molecule has 3 aromatic rings. The van der Waals surface area contributed by atoms with E-state index in [9.17, 15) is 8.42 Å². The third kappa shape index (κ3) is 3.05. The molecule has 0 radical (unpaired) electrons. The molecule has 4 rings (SSSR count). The van der Waals surface area contributed by atoms with Crippen molar-refractivity contribution in [1.82, 2.24) is 20.2 Å². The summed E-state index contributed by atoms with van der Waals surface area (Å²) in [4.78, 5) is 0. The van der Waals surface area contributed by atoms with Gasteiger partial charge in [0.05, 0.1) is 11.4 Å². The molecule has 9 heteroatoms. The van der Waals surface area contributed by atoms with Gasteiger partial charge in [-0.3, -0.25) is 0 Å². The van der Waals surface area contributed by atoms with Crippen LogP contribution in [0, 0.1) is 0 Å². The summed E-state index contributed by atoms with van der Waals surface area (Å²) in [5, 5.41) is 10.8. The van der Waals surface area contributed by atoms with E-state index in [1.165, 1.54) is 4.68 Å². The Kier molecular flexibility index (Phi) is 3.85. The van der Waals surface area contributed by atoms with Gasteiger partial charge in [0.2, 0.25) is 16.6 Å². The lowest BCUT2D eigenvalue weighted by Crippen LogP contribution is -2.15. The van der Waals surface area contributed by atoms with Crippen LogP contribution in [0.3, 0.4) is 0 Å². The number of aromatic nitrogens is 4.